The van der Waals surface area contributed by atoms with Crippen LogP contribution in [0.25, 0.3) is 0 Å². The number of rotatable bonds is 9. The summed E-state index contributed by atoms with van der Waals surface area (Å²) < 4.78 is 10.6. The van der Waals surface area contributed by atoms with Crippen molar-refractivity contribution in [2.75, 3.05) is 40.0 Å². The molecule has 0 aromatic heterocycles. The lowest BCUT2D eigenvalue weighted by atomic mass is 10.2. The first-order valence-electron chi connectivity index (χ1n) is 6.31. The molecule has 0 aliphatic heterocycles. The number of methoxy groups -OCH3 is 1. The zero-order chi connectivity index (χ0) is 14.1. The second kappa shape index (κ2) is 8.50. The fraction of sp³-hybridized carbons (Fsp3) is 0.500. The summed E-state index contributed by atoms with van der Waals surface area (Å²) in [6.45, 7) is 4.64. The number of ether oxygens (including phenoxy) is 2. The van der Waals surface area contributed by atoms with Crippen LogP contribution in [0.5, 0.6) is 5.75 Å². The number of carbonyl (C=O) groups excluding carboxylic acids is 1. The second-order valence-electron chi connectivity index (χ2n) is 4.40. The molecule has 0 bridgehead atoms. The summed E-state index contributed by atoms with van der Waals surface area (Å²) in [7, 11) is 1.63. The van der Waals surface area contributed by atoms with Crippen molar-refractivity contribution in [1.82, 2.24) is 4.90 Å². The molecular formula is C14H22N2O3. The van der Waals surface area contributed by atoms with E-state index in [4.69, 9.17) is 15.2 Å². The van der Waals surface area contributed by atoms with Gasteiger partial charge in [0, 0.05) is 20.2 Å². The molecule has 1 amide bonds. The molecule has 1 aromatic rings. The molecule has 2 N–H and O–H groups in total. The van der Waals surface area contributed by atoms with Gasteiger partial charge in [0.25, 0.3) is 0 Å². The van der Waals surface area contributed by atoms with Gasteiger partial charge in [-0.25, -0.2) is 0 Å². The van der Waals surface area contributed by atoms with Crippen LogP contribution in [0.2, 0.25) is 0 Å². The Balaban J connectivity index is 2.34. The fourth-order valence-electron chi connectivity index (χ4n) is 1.64. The van der Waals surface area contributed by atoms with Crippen molar-refractivity contribution in [3.63, 3.8) is 0 Å². The summed E-state index contributed by atoms with van der Waals surface area (Å²) in [5, 5.41) is 0. The molecule has 0 aliphatic rings. The first-order chi connectivity index (χ1) is 9.11. The molecule has 19 heavy (non-hydrogen) atoms. The monoisotopic (exact) mass is 266 g/mol. The predicted octanol–water partition coefficient (Wildman–Crippen LogP) is 0.808. The van der Waals surface area contributed by atoms with Crippen LogP contribution in [0.4, 0.5) is 0 Å². The van der Waals surface area contributed by atoms with Gasteiger partial charge in [0.2, 0.25) is 5.91 Å². The van der Waals surface area contributed by atoms with Gasteiger partial charge in [-0.1, -0.05) is 17.7 Å². The molecule has 0 unspecified atom stereocenters. The van der Waals surface area contributed by atoms with E-state index >= 15 is 0 Å². The van der Waals surface area contributed by atoms with Crippen molar-refractivity contribution >= 4 is 5.91 Å². The molecule has 1 aromatic carbocycles. The van der Waals surface area contributed by atoms with E-state index < -0.39 is 0 Å². The number of amides is 1. The summed E-state index contributed by atoms with van der Waals surface area (Å²) in [5.41, 5.74) is 6.40. The fourth-order valence-corrected chi connectivity index (χ4v) is 1.64. The van der Waals surface area contributed by atoms with Crippen molar-refractivity contribution in [3.05, 3.63) is 29.8 Å². The third-order valence-corrected chi connectivity index (χ3v) is 2.69. The van der Waals surface area contributed by atoms with E-state index in [2.05, 4.69) is 0 Å². The van der Waals surface area contributed by atoms with Gasteiger partial charge in [-0.2, -0.15) is 0 Å². The zero-order valence-corrected chi connectivity index (χ0v) is 11.6. The smallest absolute Gasteiger partial charge is 0.231 e. The molecule has 0 spiro atoms. The Kier molecular flexibility index (Phi) is 6.92. The van der Waals surface area contributed by atoms with Crippen LogP contribution in [-0.2, 0) is 9.53 Å². The SMILES string of the molecule is COCCN(CCOc1ccc(C)cc1)CC(N)=O. The van der Waals surface area contributed by atoms with E-state index in [1.54, 1.807) is 7.11 Å². The number of benzene rings is 1. The molecule has 106 valence electrons. The van der Waals surface area contributed by atoms with E-state index in [9.17, 15) is 4.79 Å². The highest BCUT2D eigenvalue weighted by molar-refractivity contribution is 5.75. The summed E-state index contributed by atoms with van der Waals surface area (Å²) in [6, 6.07) is 7.87. The second-order valence-corrected chi connectivity index (χ2v) is 4.40. The molecule has 5 nitrogen and oxygen atoms in total. The summed E-state index contributed by atoms with van der Waals surface area (Å²) in [6.07, 6.45) is 0. The molecule has 0 aliphatic carbocycles. The highest BCUT2D eigenvalue weighted by atomic mass is 16.5. The number of nitrogens with two attached hydrogens (primary N) is 1. The lowest BCUT2D eigenvalue weighted by Gasteiger charge is -2.20. The van der Waals surface area contributed by atoms with Crippen LogP contribution < -0.4 is 10.5 Å². The number of hydrogen-bond acceptors (Lipinski definition) is 4. The lowest BCUT2D eigenvalue weighted by molar-refractivity contribution is -0.119. The summed E-state index contributed by atoms with van der Waals surface area (Å²) >= 11 is 0. The highest BCUT2D eigenvalue weighted by Crippen LogP contribution is 2.11. The van der Waals surface area contributed by atoms with Gasteiger partial charge in [-0.3, -0.25) is 9.69 Å². The third kappa shape index (κ3) is 6.79. The molecule has 0 atom stereocenters. The largest absolute Gasteiger partial charge is 0.492 e. The van der Waals surface area contributed by atoms with Gasteiger partial charge < -0.3 is 15.2 Å². The predicted molar refractivity (Wildman–Crippen MR) is 74.2 cm³/mol. The molecule has 5 heteroatoms. The third-order valence-electron chi connectivity index (χ3n) is 2.69. The van der Waals surface area contributed by atoms with Gasteiger partial charge in [0.1, 0.15) is 12.4 Å². The molecule has 0 saturated carbocycles. The van der Waals surface area contributed by atoms with Crippen LogP contribution in [-0.4, -0.2) is 50.8 Å². The molecular weight excluding hydrogens is 244 g/mol. The molecule has 0 fully saturated rings. The van der Waals surface area contributed by atoms with Crippen LogP contribution in [0.3, 0.4) is 0 Å². The van der Waals surface area contributed by atoms with Crippen molar-refractivity contribution < 1.29 is 14.3 Å². The molecule has 1 rings (SSSR count). The van der Waals surface area contributed by atoms with E-state index in [0.717, 1.165) is 5.75 Å². The first kappa shape index (κ1) is 15.5. The van der Waals surface area contributed by atoms with Gasteiger partial charge >= 0.3 is 0 Å². The Morgan fingerprint density at radius 1 is 1.21 bits per heavy atom. The average Bonchev–Trinajstić information content (AvgIpc) is 2.37. The Morgan fingerprint density at radius 2 is 1.84 bits per heavy atom. The van der Waals surface area contributed by atoms with Crippen molar-refractivity contribution in [3.8, 4) is 5.75 Å². The summed E-state index contributed by atoms with van der Waals surface area (Å²) in [4.78, 5) is 12.9. The maximum Gasteiger partial charge on any atom is 0.231 e. The number of carbonyl (C=O) groups is 1. The normalized spacial score (nSPS) is 10.7. The van der Waals surface area contributed by atoms with Gasteiger partial charge in [0.15, 0.2) is 0 Å². The van der Waals surface area contributed by atoms with Crippen LogP contribution in [0.1, 0.15) is 5.56 Å². The standard InChI is InChI=1S/C14H22N2O3/c1-12-3-5-13(6-4-12)19-10-8-16(7-9-18-2)11-14(15)17/h3-6H,7-11H2,1-2H3,(H2,15,17). The minimum atomic E-state index is -0.341. The van der Waals surface area contributed by atoms with Crippen molar-refractivity contribution in [2.24, 2.45) is 5.73 Å². The Labute approximate surface area is 114 Å². The maximum atomic E-state index is 10.9. The maximum absolute atomic E-state index is 10.9. The molecule has 0 saturated heterocycles. The lowest BCUT2D eigenvalue weighted by Crippen LogP contribution is -2.38. The Morgan fingerprint density at radius 3 is 2.42 bits per heavy atom. The van der Waals surface area contributed by atoms with Crippen molar-refractivity contribution in [1.29, 1.82) is 0 Å². The molecule has 0 radical (unpaired) electrons. The topological polar surface area (TPSA) is 64.8 Å². The first-order valence-corrected chi connectivity index (χ1v) is 6.31. The summed E-state index contributed by atoms with van der Waals surface area (Å²) in [5.74, 6) is 0.489. The molecule has 0 heterocycles. The van der Waals surface area contributed by atoms with Gasteiger partial charge in [-0.15, -0.1) is 0 Å². The van der Waals surface area contributed by atoms with Crippen molar-refractivity contribution in [2.45, 2.75) is 6.92 Å². The average molecular weight is 266 g/mol. The Hall–Kier alpha value is -1.59. The van der Waals surface area contributed by atoms with Crippen LogP contribution in [0, 0.1) is 6.92 Å². The minimum Gasteiger partial charge on any atom is -0.492 e. The van der Waals surface area contributed by atoms with E-state index in [1.807, 2.05) is 36.1 Å². The minimum absolute atomic E-state index is 0.223. The quantitative estimate of drug-likeness (QED) is 0.718. The van der Waals surface area contributed by atoms with Gasteiger partial charge in [0.05, 0.1) is 13.2 Å². The van der Waals surface area contributed by atoms with E-state index in [1.165, 1.54) is 5.56 Å². The highest BCUT2D eigenvalue weighted by Gasteiger charge is 2.08. The van der Waals surface area contributed by atoms with E-state index in [0.29, 0.717) is 26.3 Å². The number of hydrogen-bond donors (Lipinski definition) is 1. The zero-order valence-electron chi connectivity index (χ0n) is 11.6. The van der Waals surface area contributed by atoms with Crippen LogP contribution in [0.15, 0.2) is 24.3 Å². The number of primary amides is 1. The number of nitrogens with zero attached hydrogens (tertiary/aromatic N) is 1. The number of aryl methyl sites for hydroxylation is 1. The van der Waals surface area contributed by atoms with Crippen LogP contribution >= 0.6 is 0 Å². The van der Waals surface area contributed by atoms with E-state index in [-0.39, 0.29) is 12.5 Å². The van der Waals surface area contributed by atoms with Gasteiger partial charge in [-0.05, 0) is 19.1 Å². The Bertz CT molecular complexity index is 379.